The van der Waals surface area contributed by atoms with Gasteiger partial charge in [-0.05, 0) is 19.8 Å². The molecule has 0 aromatic heterocycles. The molecule has 0 bridgehead atoms. The van der Waals surface area contributed by atoms with Gasteiger partial charge in [-0.1, -0.05) is 0 Å². The van der Waals surface area contributed by atoms with E-state index in [1.807, 2.05) is 0 Å². The summed E-state index contributed by atoms with van der Waals surface area (Å²) in [6.45, 7) is 1.54. The van der Waals surface area contributed by atoms with Crippen molar-refractivity contribution in [2.75, 3.05) is 13.1 Å². The highest BCUT2D eigenvalue weighted by atomic mass is 16.4. The maximum Gasteiger partial charge on any atom is 0.314 e. The Hall–Kier alpha value is -1.83. The Morgan fingerprint density at radius 2 is 1.84 bits per heavy atom. The molecule has 0 aliphatic rings. The SMILES string of the molecule is CC(O)(CNC(=O)NCCCCC(N)=O)CC(=O)O. The summed E-state index contributed by atoms with van der Waals surface area (Å²) < 4.78 is 0. The van der Waals surface area contributed by atoms with Gasteiger partial charge in [0.2, 0.25) is 5.91 Å². The number of rotatable bonds is 9. The third kappa shape index (κ3) is 11.0. The molecule has 0 spiro atoms. The average Bonchev–Trinajstić information content (AvgIpc) is 2.24. The first-order valence-electron chi connectivity index (χ1n) is 5.97. The minimum absolute atomic E-state index is 0.160. The van der Waals surface area contributed by atoms with Gasteiger partial charge in [-0.15, -0.1) is 0 Å². The zero-order valence-corrected chi connectivity index (χ0v) is 10.9. The molecule has 6 N–H and O–H groups in total. The molecule has 0 radical (unpaired) electrons. The maximum absolute atomic E-state index is 11.3. The Balaban J connectivity index is 3.69. The summed E-state index contributed by atoms with van der Waals surface area (Å²) in [6.07, 6.45) is 1.02. The van der Waals surface area contributed by atoms with E-state index in [0.29, 0.717) is 19.4 Å². The van der Waals surface area contributed by atoms with E-state index >= 15 is 0 Å². The van der Waals surface area contributed by atoms with Gasteiger partial charge in [-0.25, -0.2) is 4.79 Å². The van der Waals surface area contributed by atoms with Crippen LogP contribution in [-0.2, 0) is 9.59 Å². The van der Waals surface area contributed by atoms with E-state index in [-0.39, 0.29) is 18.9 Å². The molecule has 1 unspecified atom stereocenters. The van der Waals surface area contributed by atoms with Crippen molar-refractivity contribution in [3.63, 3.8) is 0 Å². The van der Waals surface area contributed by atoms with Crippen LogP contribution in [0.2, 0.25) is 0 Å². The molecule has 0 saturated carbocycles. The van der Waals surface area contributed by atoms with Crippen molar-refractivity contribution in [1.29, 1.82) is 0 Å². The molecule has 0 aromatic rings. The molecule has 0 rings (SSSR count). The standard InChI is InChI=1S/C11H21N3O5/c1-11(19,6-9(16)17)7-14-10(18)13-5-3-2-4-8(12)15/h19H,2-7H2,1H3,(H2,12,15)(H,16,17)(H2,13,14,18). The van der Waals surface area contributed by atoms with E-state index in [4.69, 9.17) is 10.8 Å². The molecule has 0 fully saturated rings. The fourth-order valence-electron chi connectivity index (χ4n) is 1.35. The minimum atomic E-state index is -1.49. The minimum Gasteiger partial charge on any atom is -0.481 e. The molecular formula is C11H21N3O5. The Labute approximate surface area is 111 Å². The van der Waals surface area contributed by atoms with Crippen molar-refractivity contribution in [3.05, 3.63) is 0 Å². The van der Waals surface area contributed by atoms with E-state index < -0.39 is 24.0 Å². The molecular weight excluding hydrogens is 254 g/mol. The predicted molar refractivity (Wildman–Crippen MR) is 67.3 cm³/mol. The number of carboxylic acid groups (broad SMARTS) is 1. The highest BCUT2D eigenvalue weighted by Gasteiger charge is 2.24. The number of aliphatic carboxylic acids is 1. The van der Waals surface area contributed by atoms with Crippen molar-refractivity contribution in [2.24, 2.45) is 5.73 Å². The molecule has 19 heavy (non-hydrogen) atoms. The van der Waals surface area contributed by atoms with Crippen LogP contribution in [0.5, 0.6) is 0 Å². The lowest BCUT2D eigenvalue weighted by atomic mass is 10.0. The number of nitrogens with one attached hydrogen (secondary N) is 2. The summed E-state index contributed by atoms with van der Waals surface area (Å²) in [7, 11) is 0. The van der Waals surface area contributed by atoms with Crippen molar-refractivity contribution in [3.8, 4) is 0 Å². The summed E-state index contributed by atoms with van der Waals surface area (Å²) in [5.41, 5.74) is 3.46. The fraction of sp³-hybridized carbons (Fsp3) is 0.727. The summed E-state index contributed by atoms with van der Waals surface area (Å²) in [6, 6.07) is -0.496. The Bertz CT molecular complexity index is 330. The van der Waals surface area contributed by atoms with Crippen LogP contribution in [0, 0.1) is 0 Å². The van der Waals surface area contributed by atoms with Crippen molar-refractivity contribution < 1.29 is 24.6 Å². The first-order chi connectivity index (χ1) is 8.73. The largest absolute Gasteiger partial charge is 0.481 e. The van der Waals surface area contributed by atoms with Crippen LogP contribution in [0.3, 0.4) is 0 Å². The van der Waals surface area contributed by atoms with Gasteiger partial charge in [-0.3, -0.25) is 9.59 Å². The van der Waals surface area contributed by atoms with Crippen LogP contribution < -0.4 is 16.4 Å². The lowest BCUT2D eigenvalue weighted by Crippen LogP contribution is -2.46. The zero-order chi connectivity index (χ0) is 14.9. The van der Waals surface area contributed by atoms with Crippen LogP contribution in [0.15, 0.2) is 0 Å². The van der Waals surface area contributed by atoms with E-state index in [1.54, 1.807) is 0 Å². The van der Waals surface area contributed by atoms with E-state index in [2.05, 4.69) is 10.6 Å². The zero-order valence-electron chi connectivity index (χ0n) is 10.9. The lowest BCUT2D eigenvalue weighted by Gasteiger charge is -2.21. The first-order valence-corrected chi connectivity index (χ1v) is 5.97. The van der Waals surface area contributed by atoms with E-state index in [9.17, 15) is 19.5 Å². The third-order valence-electron chi connectivity index (χ3n) is 2.30. The number of unbranched alkanes of at least 4 members (excludes halogenated alkanes) is 1. The predicted octanol–water partition coefficient (Wildman–Crippen LogP) is -0.833. The maximum atomic E-state index is 11.3. The second-order valence-electron chi connectivity index (χ2n) is 4.60. The number of amides is 3. The van der Waals surface area contributed by atoms with Gasteiger partial charge in [0.15, 0.2) is 0 Å². The molecule has 1 atom stereocenters. The summed E-state index contributed by atoms with van der Waals surface area (Å²) in [4.78, 5) is 32.2. The highest BCUT2D eigenvalue weighted by Crippen LogP contribution is 2.06. The molecule has 0 aliphatic carbocycles. The average molecular weight is 275 g/mol. The number of hydrogen-bond acceptors (Lipinski definition) is 4. The van der Waals surface area contributed by atoms with Gasteiger partial charge < -0.3 is 26.6 Å². The molecule has 3 amide bonds. The van der Waals surface area contributed by atoms with Gasteiger partial charge in [0, 0.05) is 19.5 Å². The van der Waals surface area contributed by atoms with Crippen molar-refractivity contribution in [1.82, 2.24) is 10.6 Å². The molecule has 0 aliphatic heterocycles. The van der Waals surface area contributed by atoms with E-state index in [0.717, 1.165) is 0 Å². The van der Waals surface area contributed by atoms with Gasteiger partial charge in [0.25, 0.3) is 0 Å². The molecule has 8 nitrogen and oxygen atoms in total. The van der Waals surface area contributed by atoms with Gasteiger partial charge in [-0.2, -0.15) is 0 Å². The molecule has 8 heteroatoms. The molecule has 0 heterocycles. The summed E-state index contributed by atoms with van der Waals surface area (Å²) in [5, 5.41) is 23.1. The van der Waals surface area contributed by atoms with Crippen molar-refractivity contribution in [2.45, 2.75) is 38.2 Å². The van der Waals surface area contributed by atoms with Crippen LogP contribution in [0.1, 0.15) is 32.6 Å². The summed E-state index contributed by atoms with van der Waals surface area (Å²) in [5.74, 6) is -1.52. The summed E-state index contributed by atoms with van der Waals surface area (Å²) >= 11 is 0. The third-order valence-corrected chi connectivity index (χ3v) is 2.30. The molecule has 0 aromatic carbocycles. The lowest BCUT2D eigenvalue weighted by molar-refractivity contribution is -0.141. The van der Waals surface area contributed by atoms with Crippen LogP contribution in [-0.4, -0.2) is 46.8 Å². The van der Waals surface area contributed by atoms with Crippen molar-refractivity contribution >= 4 is 17.9 Å². The topological polar surface area (TPSA) is 142 Å². The number of primary amides is 1. The highest BCUT2D eigenvalue weighted by molar-refractivity contribution is 5.74. The second kappa shape index (κ2) is 8.30. The Morgan fingerprint density at radius 1 is 1.21 bits per heavy atom. The number of hydrogen-bond donors (Lipinski definition) is 5. The Morgan fingerprint density at radius 3 is 2.37 bits per heavy atom. The van der Waals surface area contributed by atoms with Gasteiger partial charge in [0.1, 0.15) is 0 Å². The smallest absolute Gasteiger partial charge is 0.314 e. The molecule has 0 saturated heterocycles. The number of carbonyl (C=O) groups is 3. The number of urea groups is 1. The normalized spacial score (nSPS) is 13.4. The van der Waals surface area contributed by atoms with Gasteiger partial charge >= 0.3 is 12.0 Å². The number of carbonyl (C=O) groups excluding carboxylic acids is 2. The van der Waals surface area contributed by atoms with Crippen LogP contribution in [0.4, 0.5) is 4.79 Å². The van der Waals surface area contributed by atoms with Gasteiger partial charge in [0.05, 0.1) is 12.0 Å². The van der Waals surface area contributed by atoms with E-state index in [1.165, 1.54) is 6.92 Å². The molecule has 110 valence electrons. The number of nitrogens with two attached hydrogens (primary N) is 1. The fourth-order valence-corrected chi connectivity index (χ4v) is 1.35. The van der Waals surface area contributed by atoms with Crippen LogP contribution >= 0.6 is 0 Å². The first kappa shape index (κ1) is 17.2. The number of carboxylic acids is 1. The Kier molecular flexibility index (Phi) is 7.50. The van der Waals surface area contributed by atoms with Crippen LogP contribution in [0.25, 0.3) is 0 Å². The second-order valence-corrected chi connectivity index (χ2v) is 4.60. The monoisotopic (exact) mass is 275 g/mol. The quantitative estimate of drug-likeness (QED) is 0.349. The number of aliphatic hydroxyl groups is 1.